The largest absolute Gasteiger partial charge is 0.479 e. The standard InChI is InChI=1S/C28H56O3/c1-5-7-8-9-10-11-12-13-14-15-16-17-18-19-23-28(31,27(29)30)24-26(4)22-20-21-25(3)6-2/h25-26,31H,5-24H2,1-4H3,(H,29,30). The average molecular weight is 441 g/mol. The maximum atomic E-state index is 11.7. The molecule has 2 N–H and O–H groups in total. The lowest BCUT2D eigenvalue weighted by atomic mass is 9.84. The number of hydrogen-bond donors (Lipinski definition) is 2. The third-order valence-corrected chi connectivity index (χ3v) is 7.12. The van der Waals surface area contributed by atoms with Crippen molar-refractivity contribution in [1.29, 1.82) is 0 Å². The van der Waals surface area contributed by atoms with Crippen LogP contribution in [0.1, 0.15) is 156 Å². The van der Waals surface area contributed by atoms with Crippen molar-refractivity contribution in [3.05, 3.63) is 0 Å². The molecule has 0 radical (unpaired) electrons. The van der Waals surface area contributed by atoms with E-state index < -0.39 is 11.6 Å². The van der Waals surface area contributed by atoms with Crippen molar-refractivity contribution in [3.63, 3.8) is 0 Å². The van der Waals surface area contributed by atoms with Crippen molar-refractivity contribution in [1.82, 2.24) is 0 Å². The fourth-order valence-corrected chi connectivity index (χ4v) is 4.61. The van der Waals surface area contributed by atoms with Crippen molar-refractivity contribution in [2.45, 2.75) is 162 Å². The molecule has 0 rings (SSSR count). The van der Waals surface area contributed by atoms with Gasteiger partial charge in [0, 0.05) is 0 Å². The Bertz CT molecular complexity index is 409. The van der Waals surface area contributed by atoms with Crippen molar-refractivity contribution in [3.8, 4) is 0 Å². The van der Waals surface area contributed by atoms with Gasteiger partial charge in [-0.05, 0) is 31.1 Å². The molecule has 0 saturated carbocycles. The normalized spacial score (nSPS) is 15.5. The summed E-state index contributed by atoms with van der Waals surface area (Å²) in [5.41, 5.74) is -1.53. The number of rotatable bonds is 23. The molecule has 0 saturated heterocycles. The molecule has 3 atom stereocenters. The summed E-state index contributed by atoms with van der Waals surface area (Å²) in [5, 5.41) is 20.3. The van der Waals surface area contributed by atoms with Crippen molar-refractivity contribution < 1.29 is 15.0 Å². The number of unbranched alkanes of at least 4 members (excludes halogenated alkanes) is 13. The van der Waals surface area contributed by atoms with Crippen LogP contribution < -0.4 is 0 Å². The van der Waals surface area contributed by atoms with Gasteiger partial charge in [0.1, 0.15) is 0 Å². The molecule has 186 valence electrons. The Morgan fingerprint density at radius 2 is 1.10 bits per heavy atom. The summed E-state index contributed by atoms with van der Waals surface area (Å²) in [6, 6.07) is 0. The minimum absolute atomic E-state index is 0.261. The Morgan fingerprint density at radius 3 is 1.52 bits per heavy atom. The lowest BCUT2D eigenvalue weighted by molar-refractivity contribution is -0.161. The fraction of sp³-hybridized carbons (Fsp3) is 0.964. The van der Waals surface area contributed by atoms with Crippen LogP contribution in [0.3, 0.4) is 0 Å². The lowest BCUT2D eigenvalue weighted by Crippen LogP contribution is -2.40. The van der Waals surface area contributed by atoms with E-state index in [2.05, 4.69) is 27.7 Å². The van der Waals surface area contributed by atoms with E-state index in [-0.39, 0.29) is 5.92 Å². The Kier molecular flexibility index (Phi) is 19.7. The molecular formula is C28H56O3. The molecular weight excluding hydrogens is 384 g/mol. The number of aliphatic hydroxyl groups is 1. The van der Waals surface area contributed by atoms with E-state index >= 15 is 0 Å². The molecule has 0 amide bonds. The van der Waals surface area contributed by atoms with Gasteiger partial charge in [-0.3, -0.25) is 0 Å². The Morgan fingerprint density at radius 1 is 0.677 bits per heavy atom. The van der Waals surface area contributed by atoms with E-state index in [4.69, 9.17) is 0 Å². The van der Waals surface area contributed by atoms with Crippen molar-refractivity contribution >= 4 is 5.97 Å². The van der Waals surface area contributed by atoms with Gasteiger partial charge in [0.2, 0.25) is 0 Å². The summed E-state index contributed by atoms with van der Waals surface area (Å²) in [5.74, 6) is -0.0334. The quantitative estimate of drug-likeness (QED) is 0.156. The summed E-state index contributed by atoms with van der Waals surface area (Å²) in [6.45, 7) is 8.85. The topological polar surface area (TPSA) is 57.5 Å². The van der Waals surface area contributed by atoms with Crippen LogP contribution in [0, 0.1) is 11.8 Å². The van der Waals surface area contributed by atoms with Gasteiger partial charge < -0.3 is 10.2 Å². The Balaban J connectivity index is 3.76. The van der Waals surface area contributed by atoms with E-state index in [0.717, 1.165) is 38.0 Å². The number of carbonyl (C=O) groups is 1. The van der Waals surface area contributed by atoms with E-state index in [1.807, 2.05) is 0 Å². The summed E-state index contributed by atoms with van der Waals surface area (Å²) >= 11 is 0. The zero-order valence-corrected chi connectivity index (χ0v) is 21.6. The van der Waals surface area contributed by atoms with Crippen LogP contribution >= 0.6 is 0 Å². The molecule has 0 aromatic rings. The molecule has 0 aliphatic rings. The minimum atomic E-state index is -1.53. The first-order valence-corrected chi connectivity index (χ1v) is 13.8. The second-order valence-electron chi connectivity index (χ2n) is 10.4. The minimum Gasteiger partial charge on any atom is -0.479 e. The molecule has 0 heterocycles. The third-order valence-electron chi connectivity index (χ3n) is 7.12. The molecule has 31 heavy (non-hydrogen) atoms. The van der Waals surface area contributed by atoms with Crippen LogP contribution in [0.5, 0.6) is 0 Å². The van der Waals surface area contributed by atoms with Crippen LogP contribution in [0.4, 0.5) is 0 Å². The highest BCUT2D eigenvalue weighted by molar-refractivity contribution is 5.77. The maximum Gasteiger partial charge on any atom is 0.335 e. The highest BCUT2D eigenvalue weighted by Crippen LogP contribution is 2.28. The smallest absolute Gasteiger partial charge is 0.335 e. The molecule has 0 spiro atoms. The molecule has 0 aromatic heterocycles. The number of carboxylic acids is 1. The molecule has 0 fully saturated rings. The van der Waals surface area contributed by atoms with Gasteiger partial charge in [-0.25, -0.2) is 4.79 Å². The maximum absolute atomic E-state index is 11.7. The number of aliphatic carboxylic acids is 1. The second-order valence-corrected chi connectivity index (χ2v) is 10.4. The summed E-state index contributed by atoms with van der Waals surface area (Å²) < 4.78 is 0. The van der Waals surface area contributed by atoms with Crippen molar-refractivity contribution in [2.24, 2.45) is 11.8 Å². The van der Waals surface area contributed by atoms with Crippen LogP contribution in [-0.4, -0.2) is 21.8 Å². The van der Waals surface area contributed by atoms with E-state index in [1.54, 1.807) is 0 Å². The lowest BCUT2D eigenvalue weighted by Gasteiger charge is -2.27. The average Bonchev–Trinajstić information content (AvgIpc) is 2.73. The van der Waals surface area contributed by atoms with E-state index in [0.29, 0.717) is 12.8 Å². The summed E-state index contributed by atoms with van der Waals surface area (Å²) in [6.07, 6.45) is 23.3. The van der Waals surface area contributed by atoms with Gasteiger partial charge in [-0.15, -0.1) is 0 Å². The molecule has 3 nitrogen and oxygen atoms in total. The zero-order valence-electron chi connectivity index (χ0n) is 21.6. The first-order chi connectivity index (χ1) is 14.9. The number of carboxylic acid groups (broad SMARTS) is 1. The first kappa shape index (κ1) is 30.4. The molecule has 3 heteroatoms. The van der Waals surface area contributed by atoms with Gasteiger partial charge in [0.05, 0.1) is 0 Å². The summed E-state index contributed by atoms with van der Waals surface area (Å²) in [4.78, 5) is 11.7. The first-order valence-electron chi connectivity index (χ1n) is 13.8. The monoisotopic (exact) mass is 440 g/mol. The van der Waals surface area contributed by atoms with Gasteiger partial charge in [-0.1, -0.05) is 137 Å². The fourth-order valence-electron chi connectivity index (χ4n) is 4.61. The SMILES string of the molecule is CCCCCCCCCCCCCCCCC(O)(CC(C)CCCC(C)CC)C(=O)O. The predicted octanol–water partition coefficient (Wildman–Crippen LogP) is 8.92. The number of hydrogen-bond acceptors (Lipinski definition) is 2. The highest BCUT2D eigenvalue weighted by atomic mass is 16.4. The van der Waals surface area contributed by atoms with Crippen LogP contribution in [0.15, 0.2) is 0 Å². The molecule has 0 aliphatic heterocycles. The highest BCUT2D eigenvalue weighted by Gasteiger charge is 2.36. The van der Waals surface area contributed by atoms with Crippen molar-refractivity contribution in [2.75, 3.05) is 0 Å². The van der Waals surface area contributed by atoms with E-state index in [1.165, 1.54) is 83.5 Å². The Hall–Kier alpha value is -0.570. The zero-order chi connectivity index (χ0) is 23.4. The second kappa shape index (κ2) is 20.1. The molecule has 0 aromatic carbocycles. The molecule has 0 bridgehead atoms. The van der Waals surface area contributed by atoms with Crippen LogP contribution in [-0.2, 0) is 4.79 Å². The van der Waals surface area contributed by atoms with Crippen LogP contribution in [0.25, 0.3) is 0 Å². The predicted molar refractivity (Wildman–Crippen MR) is 135 cm³/mol. The van der Waals surface area contributed by atoms with Crippen LogP contribution in [0.2, 0.25) is 0 Å². The van der Waals surface area contributed by atoms with E-state index in [9.17, 15) is 15.0 Å². The molecule has 0 aliphatic carbocycles. The van der Waals surface area contributed by atoms with Gasteiger partial charge >= 0.3 is 5.97 Å². The third kappa shape index (κ3) is 17.6. The molecule has 3 unspecified atom stereocenters. The van der Waals surface area contributed by atoms with Gasteiger partial charge in [0.25, 0.3) is 0 Å². The summed E-state index contributed by atoms with van der Waals surface area (Å²) in [7, 11) is 0. The van der Waals surface area contributed by atoms with Gasteiger partial charge in [-0.2, -0.15) is 0 Å². The Labute approximate surface area is 194 Å². The van der Waals surface area contributed by atoms with Gasteiger partial charge in [0.15, 0.2) is 5.60 Å².